The van der Waals surface area contributed by atoms with Crippen molar-refractivity contribution in [3.8, 4) is 5.75 Å². The van der Waals surface area contributed by atoms with Crippen LogP contribution in [0.25, 0.3) is 0 Å². The Hall–Kier alpha value is -1.56. The van der Waals surface area contributed by atoms with E-state index in [4.69, 9.17) is 14.6 Å². The van der Waals surface area contributed by atoms with E-state index in [2.05, 4.69) is 15.9 Å². The third-order valence-corrected chi connectivity index (χ3v) is 2.35. The van der Waals surface area contributed by atoms with Gasteiger partial charge in [-0.3, -0.25) is 0 Å². The Morgan fingerprint density at radius 3 is 2.42 bits per heavy atom. The zero-order valence-corrected chi connectivity index (χ0v) is 12.5. The first-order valence-corrected chi connectivity index (χ1v) is 6.35. The summed E-state index contributed by atoms with van der Waals surface area (Å²) in [7, 11) is 0. The van der Waals surface area contributed by atoms with Crippen LogP contribution in [0.15, 0.2) is 22.7 Å². The summed E-state index contributed by atoms with van der Waals surface area (Å²) in [6, 6.07) is 4.37. The molecule has 0 heterocycles. The van der Waals surface area contributed by atoms with E-state index < -0.39 is 17.5 Å². The number of aromatic carboxylic acids is 1. The van der Waals surface area contributed by atoms with Crippen molar-refractivity contribution in [1.29, 1.82) is 0 Å². The molecule has 0 aliphatic rings. The highest BCUT2D eigenvalue weighted by Gasteiger charge is 2.17. The number of carboxylic acid groups (broad SMARTS) is 1. The van der Waals surface area contributed by atoms with Gasteiger partial charge in [0.25, 0.3) is 0 Å². The van der Waals surface area contributed by atoms with E-state index in [1.165, 1.54) is 12.1 Å². The number of carbonyl (C=O) groups excluding carboxylic acids is 1. The Labute approximate surface area is 119 Å². The lowest BCUT2D eigenvalue weighted by molar-refractivity contribution is -0.157. The molecule has 0 bridgehead atoms. The van der Waals surface area contributed by atoms with Crippen LogP contribution in [0.2, 0.25) is 0 Å². The number of halogens is 1. The number of rotatable bonds is 4. The molecule has 1 rings (SSSR count). The zero-order valence-electron chi connectivity index (χ0n) is 10.9. The van der Waals surface area contributed by atoms with E-state index in [1.54, 1.807) is 26.8 Å². The van der Waals surface area contributed by atoms with Crippen LogP contribution in [0.3, 0.4) is 0 Å². The fourth-order valence-corrected chi connectivity index (χ4v) is 1.76. The van der Waals surface area contributed by atoms with Crippen molar-refractivity contribution in [3.05, 3.63) is 28.2 Å². The molecule has 0 radical (unpaired) electrons. The van der Waals surface area contributed by atoms with Gasteiger partial charge in [0.05, 0.1) is 5.56 Å². The highest BCUT2D eigenvalue weighted by atomic mass is 79.9. The van der Waals surface area contributed by atoms with E-state index in [9.17, 15) is 9.59 Å². The SMILES string of the molecule is CC(C)(C)OC(=O)COc1cc(Br)cc(C(=O)O)c1. The number of carbonyl (C=O) groups is 2. The summed E-state index contributed by atoms with van der Waals surface area (Å²) in [6.07, 6.45) is 0. The normalized spacial score (nSPS) is 10.9. The second kappa shape index (κ2) is 6.06. The monoisotopic (exact) mass is 330 g/mol. The number of esters is 1. The molecule has 0 saturated carbocycles. The minimum Gasteiger partial charge on any atom is -0.482 e. The number of carboxylic acids is 1. The summed E-state index contributed by atoms with van der Waals surface area (Å²) in [5.74, 6) is -1.29. The lowest BCUT2D eigenvalue weighted by Crippen LogP contribution is -2.27. The van der Waals surface area contributed by atoms with Crippen LogP contribution in [0, 0.1) is 0 Å². The van der Waals surface area contributed by atoms with Gasteiger partial charge >= 0.3 is 11.9 Å². The van der Waals surface area contributed by atoms with Gasteiger partial charge in [-0.25, -0.2) is 9.59 Å². The van der Waals surface area contributed by atoms with E-state index in [1.807, 2.05) is 0 Å². The minimum atomic E-state index is -1.07. The average Bonchev–Trinajstić information content (AvgIpc) is 2.23. The van der Waals surface area contributed by atoms with Crippen LogP contribution >= 0.6 is 15.9 Å². The number of hydrogen-bond donors (Lipinski definition) is 1. The van der Waals surface area contributed by atoms with Crippen molar-refractivity contribution < 1.29 is 24.2 Å². The predicted molar refractivity (Wildman–Crippen MR) is 72.4 cm³/mol. The van der Waals surface area contributed by atoms with Crippen molar-refractivity contribution in [3.63, 3.8) is 0 Å². The third-order valence-electron chi connectivity index (χ3n) is 1.89. The maximum absolute atomic E-state index is 11.5. The summed E-state index contributed by atoms with van der Waals surface area (Å²) in [5.41, 5.74) is -0.502. The van der Waals surface area contributed by atoms with Crippen LogP contribution in [0.4, 0.5) is 0 Å². The molecule has 6 heteroatoms. The Balaban J connectivity index is 2.68. The summed E-state index contributed by atoms with van der Waals surface area (Å²) in [6.45, 7) is 5.00. The van der Waals surface area contributed by atoms with Crippen LogP contribution in [0.1, 0.15) is 31.1 Å². The highest BCUT2D eigenvalue weighted by molar-refractivity contribution is 9.10. The molecule has 0 unspecified atom stereocenters. The van der Waals surface area contributed by atoms with Gasteiger partial charge < -0.3 is 14.6 Å². The van der Waals surface area contributed by atoms with Crippen LogP contribution in [0.5, 0.6) is 5.75 Å². The second-order valence-corrected chi connectivity index (χ2v) is 5.77. The fraction of sp³-hybridized carbons (Fsp3) is 0.385. The van der Waals surface area contributed by atoms with Crippen LogP contribution in [-0.4, -0.2) is 29.3 Å². The molecule has 0 fully saturated rings. The smallest absolute Gasteiger partial charge is 0.344 e. The van der Waals surface area contributed by atoms with Crippen molar-refractivity contribution >= 4 is 27.9 Å². The molecular formula is C13H15BrO5. The van der Waals surface area contributed by atoms with Crippen LogP contribution in [-0.2, 0) is 9.53 Å². The van der Waals surface area contributed by atoms with Gasteiger partial charge in [-0.1, -0.05) is 15.9 Å². The molecular weight excluding hydrogens is 316 g/mol. The van der Waals surface area contributed by atoms with E-state index in [0.29, 0.717) is 4.47 Å². The maximum Gasteiger partial charge on any atom is 0.344 e. The second-order valence-electron chi connectivity index (χ2n) is 4.86. The van der Waals surface area contributed by atoms with Gasteiger partial charge in [-0.2, -0.15) is 0 Å². The topological polar surface area (TPSA) is 72.8 Å². The molecule has 1 aromatic rings. The van der Waals surface area contributed by atoms with Gasteiger partial charge in [0, 0.05) is 4.47 Å². The molecule has 0 atom stereocenters. The van der Waals surface area contributed by atoms with Crippen molar-refractivity contribution in [2.45, 2.75) is 26.4 Å². The molecule has 104 valence electrons. The Kier molecular flexibility index (Phi) is 4.94. The maximum atomic E-state index is 11.5. The first-order chi connectivity index (χ1) is 8.67. The Morgan fingerprint density at radius 2 is 1.89 bits per heavy atom. The molecule has 19 heavy (non-hydrogen) atoms. The highest BCUT2D eigenvalue weighted by Crippen LogP contribution is 2.21. The molecule has 0 aliphatic carbocycles. The molecule has 0 amide bonds. The molecule has 5 nitrogen and oxygen atoms in total. The largest absolute Gasteiger partial charge is 0.482 e. The first kappa shape index (κ1) is 15.5. The molecule has 0 saturated heterocycles. The van der Waals surface area contributed by atoms with Gasteiger partial charge in [0.1, 0.15) is 11.4 Å². The standard InChI is InChI=1S/C13H15BrO5/c1-13(2,3)19-11(15)7-18-10-5-8(12(16)17)4-9(14)6-10/h4-6H,7H2,1-3H3,(H,16,17). The number of benzene rings is 1. The number of ether oxygens (including phenoxy) is 2. The van der Waals surface area contributed by atoms with Gasteiger partial charge in [-0.05, 0) is 39.0 Å². The quantitative estimate of drug-likeness (QED) is 0.859. The van der Waals surface area contributed by atoms with Gasteiger partial charge in [0.2, 0.25) is 0 Å². The summed E-state index contributed by atoms with van der Waals surface area (Å²) < 4.78 is 10.9. The minimum absolute atomic E-state index is 0.0774. The lowest BCUT2D eigenvalue weighted by Gasteiger charge is -2.19. The molecule has 1 aromatic carbocycles. The summed E-state index contributed by atoms with van der Waals surface area (Å²) in [5, 5.41) is 8.90. The first-order valence-electron chi connectivity index (χ1n) is 5.56. The van der Waals surface area contributed by atoms with E-state index in [-0.39, 0.29) is 17.9 Å². The summed E-state index contributed by atoms with van der Waals surface area (Å²) >= 11 is 3.18. The molecule has 0 aromatic heterocycles. The molecule has 0 spiro atoms. The third kappa shape index (κ3) is 5.74. The van der Waals surface area contributed by atoms with Crippen LogP contribution < -0.4 is 4.74 Å². The van der Waals surface area contributed by atoms with E-state index >= 15 is 0 Å². The Bertz CT molecular complexity index is 490. The van der Waals surface area contributed by atoms with E-state index in [0.717, 1.165) is 0 Å². The zero-order chi connectivity index (χ0) is 14.6. The average molecular weight is 331 g/mol. The fourth-order valence-electron chi connectivity index (χ4n) is 1.28. The predicted octanol–water partition coefficient (Wildman–Crippen LogP) is 2.87. The molecule has 1 N–H and O–H groups in total. The molecule has 0 aliphatic heterocycles. The van der Waals surface area contributed by atoms with Crippen molar-refractivity contribution in [1.82, 2.24) is 0 Å². The van der Waals surface area contributed by atoms with Gasteiger partial charge in [0.15, 0.2) is 6.61 Å². The Morgan fingerprint density at radius 1 is 1.26 bits per heavy atom. The number of hydrogen-bond acceptors (Lipinski definition) is 4. The summed E-state index contributed by atoms with van der Waals surface area (Å²) in [4.78, 5) is 22.3. The van der Waals surface area contributed by atoms with Crippen molar-refractivity contribution in [2.24, 2.45) is 0 Å². The van der Waals surface area contributed by atoms with Gasteiger partial charge in [-0.15, -0.1) is 0 Å². The van der Waals surface area contributed by atoms with Crippen molar-refractivity contribution in [2.75, 3.05) is 6.61 Å². The lowest BCUT2D eigenvalue weighted by atomic mass is 10.2.